The van der Waals surface area contributed by atoms with Crippen molar-refractivity contribution in [3.63, 3.8) is 0 Å². The number of rotatable bonds is 12. The van der Waals surface area contributed by atoms with Gasteiger partial charge in [0.15, 0.2) is 0 Å². The predicted molar refractivity (Wildman–Crippen MR) is 105 cm³/mol. The van der Waals surface area contributed by atoms with Crippen molar-refractivity contribution in [2.75, 3.05) is 32.7 Å². The van der Waals surface area contributed by atoms with Gasteiger partial charge in [-0.3, -0.25) is 0 Å². The zero-order chi connectivity index (χ0) is 18.1. The fraction of sp³-hybridized carbons (Fsp3) is 0.824. The molecule has 140 valence electrons. The molecule has 0 atom stereocenters. The van der Waals surface area contributed by atoms with Gasteiger partial charge in [0.1, 0.15) is 0 Å². The molecule has 0 radical (unpaired) electrons. The van der Waals surface area contributed by atoms with Gasteiger partial charge in [0.05, 0.1) is 0 Å². The van der Waals surface area contributed by atoms with Crippen LogP contribution in [0.2, 0.25) is 0 Å². The number of halogens is 1. The molecule has 0 aromatic carbocycles. The molecule has 0 aliphatic carbocycles. The Hall–Kier alpha value is -0.670. The summed E-state index contributed by atoms with van der Waals surface area (Å²) in [6.07, 6.45) is 9.52. The topological polar surface area (TPSA) is 57.1 Å². The van der Waals surface area contributed by atoms with Crippen LogP contribution in [-0.4, -0.2) is 47.7 Å². The van der Waals surface area contributed by atoms with Crippen LogP contribution in [0.15, 0.2) is 0 Å². The molecule has 0 spiro atoms. The molecule has 0 bridgehead atoms. The normalized spacial score (nSPS) is 13.3. The van der Waals surface area contributed by atoms with Gasteiger partial charge in [0, 0.05) is 0 Å². The SMILES string of the molecule is CCCCP(Cl)(CCCC)(CCCC)c1nc(OC)nc(OC)n1. The molecule has 0 aliphatic rings. The molecular weight excluding hydrogens is 345 g/mol. The van der Waals surface area contributed by atoms with Crippen LogP contribution in [0.3, 0.4) is 0 Å². The van der Waals surface area contributed by atoms with Gasteiger partial charge in [-0.25, -0.2) is 0 Å². The molecule has 0 amide bonds. The first-order chi connectivity index (χ1) is 11.5. The summed E-state index contributed by atoms with van der Waals surface area (Å²) in [5.41, 5.74) is 0.724. The van der Waals surface area contributed by atoms with Gasteiger partial charge in [0.25, 0.3) is 0 Å². The number of ether oxygens (including phenoxy) is 2. The fourth-order valence-corrected chi connectivity index (χ4v) is 9.32. The Morgan fingerprint density at radius 2 is 1.12 bits per heavy atom. The maximum absolute atomic E-state index is 7.58. The third kappa shape index (κ3) is 5.16. The van der Waals surface area contributed by atoms with Crippen molar-refractivity contribution in [2.45, 2.75) is 59.3 Å². The van der Waals surface area contributed by atoms with E-state index in [-0.39, 0.29) is 12.0 Å². The van der Waals surface area contributed by atoms with Crippen molar-refractivity contribution in [3.8, 4) is 12.0 Å². The van der Waals surface area contributed by atoms with E-state index in [1.54, 1.807) is 14.2 Å². The van der Waals surface area contributed by atoms with E-state index in [1.807, 2.05) is 0 Å². The molecule has 0 N–H and O–H groups in total. The van der Waals surface area contributed by atoms with E-state index in [2.05, 4.69) is 35.7 Å². The first kappa shape index (κ1) is 21.4. The van der Waals surface area contributed by atoms with Crippen LogP contribution >= 0.6 is 17.2 Å². The summed E-state index contributed by atoms with van der Waals surface area (Å²) < 4.78 is 10.5. The minimum atomic E-state index is -2.78. The third-order valence-electron chi connectivity index (χ3n) is 4.52. The zero-order valence-corrected chi connectivity index (χ0v) is 17.5. The Kier molecular flexibility index (Phi) is 8.66. The number of unbranched alkanes of at least 4 members (excludes halogenated alkanes) is 3. The van der Waals surface area contributed by atoms with Crippen LogP contribution in [0.4, 0.5) is 0 Å². The summed E-state index contributed by atoms with van der Waals surface area (Å²) in [4.78, 5) is 13.4. The molecule has 0 saturated heterocycles. The summed E-state index contributed by atoms with van der Waals surface area (Å²) in [5.74, 6) is -2.78. The number of nitrogens with zero attached hydrogens (tertiary/aromatic N) is 3. The van der Waals surface area contributed by atoms with E-state index >= 15 is 0 Å². The quantitative estimate of drug-likeness (QED) is 0.497. The average Bonchev–Trinajstić information content (AvgIpc) is 2.63. The van der Waals surface area contributed by atoms with E-state index in [0.29, 0.717) is 0 Å². The molecule has 1 aromatic rings. The Balaban J connectivity index is 3.47. The Morgan fingerprint density at radius 1 is 0.750 bits per heavy atom. The summed E-state index contributed by atoms with van der Waals surface area (Å²) in [7, 11) is 3.12. The molecule has 0 unspecified atom stereocenters. The Labute approximate surface area is 151 Å². The van der Waals surface area contributed by atoms with Crippen LogP contribution in [0.1, 0.15) is 59.3 Å². The summed E-state index contributed by atoms with van der Waals surface area (Å²) in [6, 6.07) is 0.576. The van der Waals surface area contributed by atoms with Crippen LogP contribution in [-0.2, 0) is 0 Å². The first-order valence-electron chi connectivity index (χ1n) is 9.03. The van der Waals surface area contributed by atoms with E-state index < -0.39 is 5.96 Å². The summed E-state index contributed by atoms with van der Waals surface area (Å²) >= 11 is 7.58. The Morgan fingerprint density at radius 3 is 1.42 bits per heavy atom. The third-order valence-corrected chi connectivity index (χ3v) is 11.7. The van der Waals surface area contributed by atoms with Crippen molar-refractivity contribution in [3.05, 3.63) is 0 Å². The number of methoxy groups -OCH3 is 2. The molecule has 1 aromatic heterocycles. The monoisotopic (exact) mass is 377 g/mol. The van der Waals surface area contributed by atoms with Gasteiger partial charge in [-0.15, -0.1) is 0 Å². The number of hydrogen-bond acceptors (Lipinski definition) is 5. The van der Waals surface area contributed by atoms with E-state index in [4.69, 9.17) is 20.7 Å². The van der Waals surface area contributed by atoms with Gasteiger partial charge in [-0.2, -0.15) is 0 Å². The summed E-state index contributed by atoms with van der Waals surface area (Å²) in [6.45, 7) is 6.60. The second-order valence-corrected chi connectivity index (χ2v) is 14.0. The van der Waals surface area contributed by atoms with Gasteiger partial charge < -0.3 is 0 Å². The molecule has 1 heterocycles. The summed E-state index contributed by atoms with van der Waals surface area (Å²) in [5, 5.41) is 0. The van der Waals surface area contributed by atoms with Crippen molar-refractivity contribution in [2.24, 2.45) is 0 Å². The standard InChI is InChI=1S/C17H33ClN3O2P/c1-6-9-12-24(18,13-10-7-2,14-11-8-3)17-20-15(22-4)19-16(21-17)23-5/h6-14H2,1-5H3. The van der Waals surface area contributed by atoms with Crippen LogP contribution in [0, 0.1) is 0 Å². The zero-order valence-electron chi connectivity index (χ0n) is 15.8. The van der Waals surface area contributed by atoms with Crippen molar-refractivity contribution in [1.29, 1.82) is 0 Å². The van der Waals surface area contributed by atoms with Crippen LogP contribution in [0.25, 0.3) is 0 Å². The second kappa shape index (κ2) is 9.72. The molecule has 1 rings (SSSR count). The minimum absolute atomic E-state index is 0.288. The molecule has 24 heavy (non-hydrogen) atoms. The molecule has 0 aliphatic heterocycles. The van der Waals surface area contributed by atoms with Crippen molar-refractivity contribution >= 4 is 22.8 Å². The molecule has 0 fully saturated rings. The fourth-order valence-electron chi connectivity index (χ4n) is 2.96. The van der Waals surface area contributed by atoms with Gasteiger partial charge in [0.2, 0.25) is 0 Å². The van der Waals surface area contributed by atoms with Crippen LogP contribution < -0.4 is 15.0 Å². The second-order valence-electron chi connectivity index (χ2n) is 6.43. The Bertz CT molecular complexity index is 470. The average molecular weight is 378 g/mol. The number of hydrogen-bond donors (Lipinski definition) is 0. The molecule has 7 heteroatoms. The van der Waals surface area contributed by atoms with E-state index in [9.17, 15) is 0 Å². The maximum atomic E-state index is 7.58. The first-order valence-corrected chi connectivity index (χ1v) is 12.7. The van der Waals surface area contributed by atoms with Gasteiger partial charge >= 0.3 is 151 Å². The van der Waals surface area contributed by atoms with E-state index in [0.717, 1.165) is 62.6 Å². The van der Waals surface area contributed by atoms with E-state index in [1.165, 1.54) is 0 Å². The molecule has 0 saturated carbocycles. The predicted octanol–water partition coefficient (Wildman–Crippen LogP) is 4.62. The van der Waals surface area contributed by atoms with Crippen LogP contribution in [0.5, 0.6) is 12.0 Å². The molecular formula is C17H33ClN3O2P. The van der Waals surface area contributed by atoms with Gasteiger partial charge in [-0.1, -0.05) is 0 Å². The number of aromatic nitrogens is 3. The van der Waals surface area contributed by atoms with Crippen molar-refractivity contribution in [1.82, 2.24) is 15.0 Å². The molecule has 5 nitrogen and oxygen atoms in total. The van der Waals surface area contributed by atoms with Crippen molar-refractivity contribution < 1.29 is 9.47 Å². The van der Waals surface area contributed by atoms with Gasteiger partial charge in [-0.05, 0) is 0 Å².